The van der Waals surface area contributed by atoms with Crippen molar-refractivity contribution in [2.45, 2.75) is 33.1 Å². The van der Waals surface area contributed by atoms with Crippen LogP contribution in [-0.4, -0.2) is 30.7 Å². The van der Waals surface area contributed by atoms with Gasteiger partial charge in [-0.05, 0) is 45.7 Å². The van der Waals surface area contributed by atoms with Crippen molar-refractivity contribution in [3.05, 3.63) is 17.0 Å². The number of rotatable bonds is 4. The molecule has 0 radical (unpaired) electrons. The van der Waals surface area contributed by atoms with Crippen LogP contribution in [0.1, 0.15) is 29.9 Å². The van der Waals surface area contributed by atoms with E-state index in [0.717, 1.165) is 36.7 Å². The molecule has 2 heterocycles. The van der Waals surface area contributed by atoms with E-state index in [4.69, 9.17) is 4.52 Å². The molecule has 0 aliphatic carbocycles. The summed E-state index contributed by atoms with van der Waals surface area (Å²) in [6.45, 7) is 6.57. The van der Waals surface area contributed by atoms with Gasteiger partial charge in [0.15, 0.2) is 0 Å². The highest BCUT2D eigenvalue weighted by molar-refractivity contribution is 5.78. The Labute approximate surface area is 107 Å². The van der Waals surface area contributed by atoms with E-state index < -0.39 is 0 Å². The van der Waals surface area contributed by atoms with Gasteiger partial charge in [0.25, 0.3) is 0 Å². The van der Waals surface area contributed by atoms with Gasteiger partial charge < -0.3 is 15.2 Å². The molecule has 1 unspecified atom stereocenters. The molecule has 0 aromatic carbocycles. The van der Waals surface area contributed by atoms with Crippen LogP contribution in [0, 0.1) is 19.8 Å². The zero-order chi connectivity index (χ0) is 13.0. The fourth-order valence-electron chi connectivity index (χ4n) is 2.33. The second kappa shape index (κ2) is 6.00. The molecule has 0 saturated carbocycles. The lowest BCUT2D eigenvalue weighted by molar-refractivity contribution is -0.120. The van der Waals surface area contributed by atoms with Gasteiger partial charge in [-0.3, -0.25) is 4.79 Å². The molecule has 0 spiro atoms. The van der Waals surface area contributed by atoms with Crippen molar-refractivity contribution in [3.8, 4) is 0 Å². The third-order valence-corrected chi connectivity index (χ3v) is 3.51. The number of carbonyl (C=O) groups is 1. The van der Waals surface area contributed by atoms with Crippen LogP contribution in [0.15, 0.2) is 4.52 Å². The van der Waals surface area contributed by atoms with Gasteiger partial charge in [0, 0.05) is 12.1 Å². The van der Waals surface area contributed by atoms with Crippen LogP contribution >= 0.6 is 0 Å². The Morgan fingerprint density at radius 1 is 1.56 bits per heavy atom. The van der Waals surface area contributed by atoms with E-state index in [1.165, 1.54) is 12.8 Å². The Kier molecular flexibility index (Phi) is 4.36. The second-order valence-electron chi connectivity index (χ2n) is 5.00. The van der Waals surface area contributed by atoms with Crippen LogP contribution in [-0.2, 0) is 11.2 Å². The molecule has 1 fully saturated rings. The average molecular weight is 251 g/mol. The zero-order valence-corrected chi connectivity index (χ0v) is 11.1. The lowest BCUT2D eigenvalue weighted by atomic mass is 9.99. The Hall–Kier alpha value is -1.36. The van der Waals surface area contributed by atoms with Crippen LogP contribution in [0.2, 0.25) is 0 Å². The van der Waals surface area contributed by atoms with Crippen LogP contribution < -0.4 is 10.6 Å². The van der Waals surface area contributed by atoms with Crippen LogP contribution in [0.4, 0.5) is 0 Å². The number of hydrogen-bond acceptors (Lipinski definition) is 4. The van der Waals surface area contributed by atoms with Gasteiger partial charge in [-0.1, -0.05) is 5.16 Å². The number of nitrogens with one attached hydrogen (secondary N) is 2. The largest absolute Gasteiger partial charge is 0.361 e. The number of aromatic nitrogens is 1. The van der Waals surface area contributed by atoms with Crippen molar-refractivity contribution in [3.63, 3.8) is 0 Å². The standard InChI is InChI=1S/C13H21N3O2/c1-9-12(10(2)18-16-9)6-13(17)15-8-11-4-3-5-14-7-11/h11,14H,3-8H2,1-2H3,(H,15,17). The van der Waals surface area contributed by atoms with Gasteiger partial charge in [-0.2, -0.15) is 0 Å². The summed E-state index contributed by atoms with van der Waals surface area (Å²) < 4.78 is 5.05. The predicted octanol–water partition coefficient (Wildman–Crippen LogP) is 0.950. The summed E-state index contributed by atoms with van der Waals surface area (Å²) in [5.74, 6) is 1.35. The summed E-state index contributed by atoms with van der Waals surface area (Å²) >= 11 is 0. The van der Waals surface area contributed by atoms with Gasteiger partial charge in [-0.25, -0.2) is 0 Å². The Balaban J connectivity index is 1.78. The third kappa shape index (κ3) is 3.32. The van der Waals surface area contributed by atoms with E-state index in [2.05, 4.69) is 15.8 Å². The molecular formula is C13H21N3O2. The summed E-state index contributed by atoms with van der Waals surface area (Å²) in [6, 6.07) is 0. The van der Waals surface area contributed by atoms with E-state index >= 15 is 0 Å². The van der Waals surface area contributed by atoms with E-state index in [9.17, 15) is 4.79 Å². The molecule has 5 nitrogen and oxygen atoms in total. The molecule has 1 aliphatic rings. The van der Waals surface area contributed by atoms with E-state index in [1.54, 1.807) is 0 Å². The van der Waals surface area contributed by atoms with Gasteiger partial charge in [0.05, 0.1) is 12.1 Å². The number of aryl methyl sites for hydroxylation is 2. The molecule has 1 aromatic heterocycles. The van der Waals surface area contributed by atoms with Crippen molar-refractivity contribution < 1.29 is 9.32 Å². The Bertz CT molecular complexity index is 389. The molecule has 2 rings (SSSR count). The molecule has 2 N–H and O–H groups in total. The minimum absolute atomic E-state index is 0.0509. The lowest BCUT2D eigenvalue weighted by Gasteiger charge is -2.22. The zero-order valence-electron chi connectivity index (χ0n) is 11.1. The highest BCUT2D eigenvalue weighted by Gasteiger charge is 2.16. The first-order valence-electron chi connectivity index (χ1n) is 6.56. The van der Waals surface area contributed by atoms with E-state index in [0.29, 0.717) is 12.3 Å². The maximum Gasteiger partial charge on any atom is 0.224 e. The molecule has 1 atom stereocenters. The Morgan fingerprint density at radius 2 is 2.39 bits per heavy atom. The van der Waals surface area contributed by atoms with Crippen molar-refractivity contribution in [1.29, 1.82) is 0 Å². The molecule has 18 heavy (non-hydrogen) atoms. The van der Waals surface area contributed by atoms with Crippen molar-refractivity contribution >= 4 is 5.91 Å². The van der Waals surface area contributed by atoms with E-state index in [1.807, 2.05) is 13.8 Å². The molecule has 100 valence electrons. The van der Waals surface area contributed by atoms with Gasteiger partial charge in [-0.15, -0.1) is 0 Å². The third-order valence-electron chi connectivity index (χ3n) is 3.51. The summed E-state index contributed by atoms with van der Waals surface area (Å²) in [4.78, 5) is 11.9. The second-order valence-corrected chi connectivity index (χ2v) is 5.00. The van der Waals surface area contributed by atoms with Crippen LogP contribution in [0.3, 0.4) is 0 Å². The predicted molar refractivity (Wildman–Crippen MR) is 68.3 cm³/mol. The Morgan fingerprint density at radius 3 is 3.00 bits per heavy atom. The first kappa shape index (κ1) is 13.1. The number of amides is 1. The van der Waals surface area contributed by atoms with Gasteiger partial charge in [0.1, 0.15) is 5.76 Å². The van der Waals surface area contributed by atoms with Crippen molar-refractivity contribution in [2.24, 2.45) is 5.92 Å². The molecular weight excluding hydrogens is 230 g/mol. The normalized spacial score (nSPS) is 19.8. The molecule has 0 bridgehead atoms. The van der Waals surface area contributed by atoms with Crippen LogP contribution in [0.5, 0.6) is 0 Å². The topological polar surface area (TPSA) is 67.2 Å². The summed E-state index contributed by atoms with van der Waals surface area (Å²) in [5, 5.41) is 10.2. The smallest absolute Gasteiger partial charge is 0.224 e. The summed E-state index contributed by atoms with van der Waals surface area (Å²) in [5.41, 5.74) is 1.72. The quantitative estimate of drug-likeness (QED) is 0.836. The number of nitrogens with zero attached hydrogens (tertiary/aromatic N) is 1. The molecule has 1 amide bonds. The SMILES string of the molecule is Cc1noc(C)c1CC(=O)NCC1CCCNC1. The first-order chi connectivity index (χ1) is 8.66. The fourth-order valence-corrected chi connectivity index (χ4v) is 2.33. The molecule has 1 aliphatic heterocycles. The minimum atomic E-state index is 0.0509. The molecule has 5 heteroatoms. The summed E-state index contributed by atoms with van der Waals surface area (Å²) in [6.07, 6.45) is 2.75. The fraction of sp³-hybridized carbons (Fsp3) is 0.692. The highest BCUT2D eigenvalue weighted by atomic mass is 16.5. The molecule has 1 aromatic rings. The van der Waals surface area contributed by atoms with E-state index in [-0.39, 0.29) is 5.91 Å². The summed E-state index contributed by atoms with van der Waals surface area (Å²) in [7, 11) is 0. The highest BCUT2D eigenvalue weighted by Crippen LogP contribution is 2.13. The number of piperidine rings is 1. The minimum Gasteiger partial charge on any atom is -0.361 e. The first-order valence-corrected chi connectivity index (χ1v) is 6.56. The van der Waals surface area contributed by atoms with Crippen molar-refractivity contribution in [1.82, 2.24) is 15.8 Å². The molecule has 1 saturated heterocycles. The maximum atomic E-state index is 11.9. The van der Waals surface area contributed by atoms with Crippen molar-refractivity contribution in [2.75, 3.05) is 19.6 Å². The number of carbonyl (C=O) groups excluding carboxylic acids is 1. The van der Waals surface area contributed by atoms with Crippen LogP contribution in [0.25, 0.3) is 0 Å². The average Bonchev–Trinajstić information content (AvgIpc) is 2.69. The maximum absolute atomic E-state index is 11.9. The monoisotopic (exact) mass is 251 g/mol. The van der Waals surface area contributed by atoms with Gasteiger partial charge in [0.2, 0.25) is 5.91 Å². The van der Waals surface area contributed by atoms with Gasteiger partial charge >= 0.3 is 0 Å². The number of hydrogen-bond donors (Lipinski definition) is 2. The lowest BCUT2D eigenvalue weighted by Crippen LogP contribution is -2.38.